The molecule has 31 heavy (non-hydrogen) atoms. The maximum atomic E-state index is 14.6. The topological polar surface area (TPSA) is 92.9 Å². The van der Waals surface area contributed by atoms with E-state index in [0.717, 1.165) is 38.0 Å². The molecule has 0 saturated carbocycles. The van der Waals surface area contributed by atoms with Crippen LogP contribution in [0.1, 0.15) is 25.5 Å². The molecule has 1 aliphatic rings. The van der Waals surface area contributed by atoms with Crippen molar-refractivity contribution in [1.29, 1.82) is 0 Å². The summed E-state index contributed by atoms with van der Waals surface area (Å²) in [4.78, 5) is 22.2. The van der Waals surface area contributed by atoms with Gasteiger partial charge in [0.1, 0.15) is 0 Å². The molecule has 0 aromatic carbocycles. The summed E-state index contributed by atoms with van der Waals surface area (Å²) >= 11 is 0. The number of anilines is 2. The van der Waals surface area contributed by atoms with E-state index in [1.165, 1.54) is 0 Å². The number of carbonyl (C=O) groups is 1. The van der Waals surface area contributed by atoms with Crippen molar-refractivity contribution in [3.8, 4) is 5.82 Å². The molecule has 10 heteroatoms. The average molecular weight is 427 g/mol. The van der Waals surface area contributed by atoms with E-state index in [1.54, 1.807) is 35.3 Å². The van der Waals surface area contributed by atoms with E-state index in [2.05, 4.69) is 30.6 Å². The van der Waals surface area contributed by atoms with Crippen molar-refractivity contribution in [2.24, 2.45) is 13.0 Å². The van der Waals surface area contributed by atoms with Gasteiger partial charge in [0.2, 0.25) is 11.9 Å². The van der Waals surface area contributed by atoms with Gasteiger partial charge in [-0.1, -0.05) is 0 Å². The summed E-state index contributed by atoms with van der Waals surface area (Å²) in [5, 5.41) is 9.55. The number of nitrogens with one attached hydrogen (secondary N) is 2. The van der Waals surface area contributed by atoms with Crippen molar-refractivity contribution in [3.05, 3.63) is 48.4 Å². The maximum absolute atomic E-state index is 14.6. The number of nitrogens with zero attached hydrogens (tertiary/aromatic N) is 6. The predicted octanol–water partition coefficient (Wildman–Crippen LogP) is 2.74. The Morgan fingerprint density at radius 1 is 1.29 bits per heavy atom. The third-order valence-corrected chi connectivity index (χ3v) is 5.65. The molecule has 0 unspecified atom stereocenters. The number of rotatable bonds is 6. The van der Waals surface area contributed by atoms with Gasteiger partial charge in [-0.05, 0) is 50.3 Å². The van der Waals surface area contributed by atoms with E-state index in [4.69, 9.17) is 0 Å². The van der Waals surface area contributed by atoms with Crippen molar-refractivity contribution < 1.29 is 9.18 Å². The first-order chi connectivity index (χ1) is 15.0. The molecule has 2 N–H and O–H groups in total. The summed E-state index contributed by atoms with van der Waals surface area (Å²) in [5.41, 5.74) is 1.60. The van der Waals surface area contributed by atoms with E-state index in [1.807, 2.05) is 24.7 Å². The molecule has 1 saturated heterocycles. The maximum Gasteiger partial charge on any atom is 0.321 e. The summed E-state index contributed by atoms with van der Waals surface area (Å²) in [6, 6.07) is 5.08. The van der Waals surface area contributed by atoms with Crippen molar-refractivity contribution in [2.45, 2.75) is 26.2 Å². The van der Waals surface area contributed by atoms with E-state index < -0.39 is 5.95 Å². The number of urea groups is 1. The summed E-state index contributed by atoms with van der Waals surface area (Å²) < 4.78 is 18.1. The molecular formula is C21H27FN8O. The van der Waals surface area contributed by atoms with Gasteiger partial charge in [-0.15, -0.1) is 0 Å². The highest BCUT2D eigenvalue weighted by Gasteiger charge is 2.23. The van der Waals surface area contributed by atoms with Gasteiger partial charge in [-0.3, -0.25) is 5.32 Å². The monoisotopic (exact) mass is 426 g/mol. The van der Waals surface area contributed by atoms with Crippen molar-refractivity contribution in [1.82, 2.24) is 29.6 Å². The van der Waals surface area contributed by atoms with Gasteiger partial charge in [0.05, 0.1) is 11.9 Å². The fourth-order valence-corrected chi connectivity index (χ4v) is 3.92. The highest BCUT2D eigenvalue weighted by molar-refractivity contribution is 5.87. The lowest BCUT2D eigenvalue weighted by molar-refractivity contribution is 0.252. The Balaban J connectivity index is 1.34. The van der Waals surface area contributed by atoms with Gasteiger partial charge < -0.3 is 14.8 Å². The normalized spacial score (nSPS) is 14.6. The fourth-order valence-electron chi connectivity index (χ4n) is 3.92. The van der Waals surface area contributed by atoms with Crippen molar-refractivity contribution >= 4 is 17.7 Å². The van der Waals surface area contributed by atoms with Crippen LogP contribution >= 0.6 is 0 Å². The van der Waals surface area contributed by atoms with Gasteiger partial charge in [0.25, 0.3) is 0 Å². The Bertz CT molecular complexity index is 1020. The molecule has 2 amide bonds. The van der Waals surface area contributed by atoms with E-state index in [0.29, 0.717) is 29.9 Å². The number of halogens is 1. The van der Waals surface area contributed by atoms with Crippen molar-refractivity contribution in [3.63, 3.8) is 0 Å². The number of aromatic nitrogens is 5. The Hall–Kier alpha value is -3.43. The average Bonchev–Trinajstić information content (AvgIpc) is 3.41. The Morgan fingerprint density at radius 3 is 2.77 bits per heavy atom. The largest absolute Gasteiger partial charge is 0.368 e. The fraction of sp³-hybridized carbons (Fsp3) is 0.429. The lowest BCUT2D eigenvalue weighted by Crippen LogP contribution is -2.35. The molecule has 0 radical (unpaired) electrons. The highest BCUT2D eigenvalue weighted by Crippen LogP contribution is 2.28. The number of piperidine rings is 1. The van der Waals surface area contributed by atoms with Crippen LogP contribution in [0.3, 0.4) is 0 Å². The number of amides is 2. The Morgan fingerprint density at radius 2 is 2.10 bits per heavy atom. The van der Waals surface area contributed by atoms with Gasteiger partial charge in [0.15, 0.2) is 5.82 Å². The smallest absolute Gasteiger partial charge is 0.321 e. The third kappa shape index (κ3) is 4.68. The molecule has 0 spiro atoms. The van der Waals surface area contributed by atoms with Crippen LogP contribution in [-0.2, 0) is 13.5 Å². The Labute approximate surface area is 180 Å². The van der Waals surface area contributed by atoms with E-state index >= 15 is 0 Å². The molecule has 1 fully saturated rings. The first-order valence-electron chi connectivity index (χ1n) is 10.5. The third-order valence-electron chi connectivity index (χ3n) is 5.65. The van der Waals surface area contributed by atoms with Gasteiger partial charge in [-0.2, -0.15) is 14.5 Å². The standard InChI is InChI=1S/C21H27FN8O/c1-3-23-21(31)27-20-24-14-16(28(20)2)13-15-7-11-29(12-8-15)17-5-6-18(26-19(17)22)30-10-4-9-25-30/h4-6,9-10,14-15H,3,7-8,11-13H2,1-2H3,(H2,23,24,27,31). The van der Waals surface area contributed by atoms with Crippen LogP contribution in [-0.4, -0.2) is 50.0 Å². The number of hydrogen-bond acceptors (Lipinski definition) is 5. The van der Waals surface area contributed by atoms with E-state index in [9.17, 15) is 9.18 Å². The number of hydrogen-bond donors (Lipinski definition) is 2. The molecule has 0 bridgehead atoms. The molecule has 4 rings (SSSR count). The van der Waals surface area contributed by atoms with Crippen LogP contribution in [0.25, 0.3) is 5.82 Å². The molecule has 9 nitrogen and oxygen atoms in total. The van der Waals surface area contributed by atoms with Crippen LogP contribution in [0.2, 0.25) is 0 Å². The zero-order chi connectivity index (χ0) is 21.8. The summed E-state index contributed by atoms with van der Waals surface area (Å²) in [6.45, 7) is 3.97. The van der Waals surface area contributed by atoms with Gasteiger partial charge in [0, 0.05) is 44.8 Å². The van der Waals surface area contributed by atoms with Crippen molar-refractivity contribution in [2.75, 3.05) is 29.9 Å². The number of pyridine rings is 1. The van der Waals surface area contributed by atoms with E-state index in [-0.39, 0.29) is 6.03 Å². The molecule has 4 heterocycles. The number of carbonyl (C=O) groups excluding carboxylic acids is 1. The highest BCUT2D eigenvalue weighted by atomic mass is 19.1. The summed E-state index contributed by atoms with van der Waals surface area (Å²) in [5.74, 6) is 1.00. The van der Waals surface area contributed by atoms with Crippen LogP contribution in [0.4, 0.5) is 20.8 Å². The zero-order valence-corrected chi connectivity index (χ0v) is 17.8. The first kappa shape index (κ1) is 20.8. The van der Waals surface area contributed by atoms with Crippen LogP contribution in [0.5, 0.6) is 0 Å². The van der Waals surface area contributed by atoms with Crippen LogP contribution in [0.15, 0.2) is 36.8 Å². The molecule has 1 aliphatic heterocycles. The van der Waals surface area contributed by atoms with Crippen LogP contribution < -0.4 is 15.5 Å². The lowest BCUT2D eigenvalue weighted by Gasteiger charge is -2.33. The summed E-state index contributed by atoms with van der Waals surface area (Å²) in [6.07, 6.45) is 7.95. The molecule has 3 aromatic rings. The minimum Gasteiger partial charge on any atom is -0.368 e. The quantitative estimate of drug-likeness (QED) is 0.592. The minimum absolute atomic E-state index is 0.259. The second kappa shape index (κ2) is 9.15. The molecule has 3 aromatic heterocycles. The molecular weight excluding hydrogens is 399 g/mol. The number of imidazole rings is 1. The SMILES string of the molecule is CCNC(=O)Nc1ncc(CC2CCN(c3ccc(-n4cccn4)nc3F)CC2)n1C. The molecule has 0 atom stereocenters. The first-order valence-corrected chi connectivity index (χ1v) is 10.5. The molecule has 164 valence electrons. The second-order valence-electron chi connectivity index (χ2n) is 7.68. The van der Waals surface area contributed by atoms with Gasteiger partial charge >= 0.3 is 6.03 Å². The summed E-state index contributed by atoms with van der Waals surface area (Å²) in [7, 11) is 1.90. The minimum atomic E-state index is -0.473. The zero-order valence-electron chi connectivity index (χ0n) is 17.8. The second-order valence-corrected chi connectivity index (χ2v) is 7.68. The Kier molecular flexibility index (Phi) is 6.15. The van der Waals surface area contributed by atoms with Crippen LogP contribution in [0, 0.1) is 11.9 Å². The van der Waals surface area contributed by atoms with Gasteiger partial charge in [-0.25, -0.2) is 14.5 Å². The molecule has 0 aliphatic carbocycles. The lowest BCUT2D eigenvalue weighted by atomic mass is 9.92. The predicted molar refractivity (Wildman–Crippen MR) is 116 cm³/mol.